The molecule has 0 radical (unpaired) electrons. The molecule has 0 atom stereocenters. The molecule has 0 bridgehead atoms. The van der Waals surface area contributed by atoms with Crippen LogP contribution in [0.4, 0.5) is 4.39 Å². The molecule has 0 amide bonds. The highest BCUT2D eigenvalue weighted by Gasteiger charge is 2.27. The fourth-order valence-electron chi connectivity index (χ4n) is 4.12. The molecule has 0 unspecified atom stereocenters. The Hall–Kier alpha value is -2.26. The van der Waals surface area contributed by atoms with Gasteiger partial charge < -0.3 is 10.3 Å². The van der Waals surface area contributed by atoms with E-state index in [2.05, 4.69) is 0 Å². The molecule has 2 N–H and O–H groups in total. The molecular formula is C23H28ClFN4O2S. The molecule has 2 aromatic carbocycles. The second kappa shape index (κ2) is 10.1. The molecule has 0 saturated carbocycles. The van der Waals surface area contributed by atoms with Gasteiger partial charge in [-0.2, -0.15) is 4.31 Å². The average Bonchev–Trinajstić information content (AvgIpc) is 3.43. The van der Waals surface area contributed by atoms with Gasteiger partial charge in [-0.15, -0.1) is 12.4 Å². The number of aryl methyl sites for hydroxylation is 1. The maximum atomic E-state index is 14.2. The van der Waals surface area contributed by atoms with Crippen LogP contribution in [0.2, 0.25) is 0 Å². The molecule has 1 fully saturated rings. The number of halogens is 2. The first-order valence-corrected chi connectivity index (χ1v) is 12.0. The van der Waals surface area contributed by atoms with Crippen molar-refractivity contribution in [3.8, 4) is 11.1 Å². The Bertz CT molecular complexity index is 1230. The van der Waals surface area contributed by atoms with Crippen molar-refractivity contribution >= 4 is 33.5 Å². The standard InChI is InChI=1S/C23H27FN4O2S.ClH/c1-2-22-26-23-20(9-6-10-21(23)28(22)16-18(24)11-12-25)17-7-5-8-19(15-17)31(29,30)27-13-3-4-14-27;/h5-11,15H,2-4,12-14,16,25H2,1H3;1H/b18-11-;. The zero-order valence-electron chi connectivity index (χ0n) is 18.0. The summed E-state index contributed by atoms with van der Waals surface area (Å²) in [5.41, 5.74) is 8.58. The second-order valence-corrected chi connectivity index (χ2v) is 9.60. The minimum Gasteiger partial charge on any atom is -0.327 e. The molecule has 2 heterocycles. The van der Waals surface area contributed by atoms with Crippen LogP contribution in [0.5, 0.6) is 0 Å². The molecule has 4 rings (SSSR count). The van der Waals surface area contributed by atoms with Crippen LogP contribution in [0, 0.1) is 0 Å². The van der Waals surface area contributed by atoms with Crippen LogP contribution < -0.4 is 5.73 Å². The SMILES string of the molecule is CCc1nc2c(-c3cccc(S(=O)(=O)N4CCCC4)c3)cccc2n1C/C(F)=C/CN.Cl. The average molecular weight is 479 g/mol. The van der Waals surface area contributed by atoms with Crippen LogP contribution in [0.15, 0.2) is 59.3 Å². The van der Waals surface area contributed by atoms with Gasteiger partial charge >= 0.3 is 0 Å². The van der Waals surface area contributed by atoms with Gasteiger partial charge in [0.2, 0.25) is 10.0 Å². The Morgan fingerprint density at radius 2 is 1.91 bits per heavy atom. The largest absolute Gasteiger partial charge is 0.327 e. The molecule has 32 heavy (non-hydrogen) atoms. The highest BCUT2D eigenvalue weighted by molar-refractivity contribution is 7.89. The van der Waals surface area contributed by atoms with Crippen molar-refractivity contribution in [3.05, 3.63) is 60.2 Å². The summed E-state index contributed by atoms with van der Waals surface area (Å²) in [5, 5.41) is 0. The number of hydrogen-bond acceptors (Lipinski definition) is 4. The Morgan fingerprint density at radius 1 is 1.19 bits per heavy atom. The van der Waals surface area contributed by atoms with Crippen LogP contribution in [-0.2, 0) is 23.0 Å². The van der Waals surface area contributed by atoms with Gasteiger partial charge in [0.1, 0.15) is 11.7 Å². The molecular weight excluding hydrogens is 451 g/mol. The lowest BCUT2D eigenvalue weighted by Gasteiger charge is -2.16. The molecule has 3 aromatic rings. The maximum Gasteiger partial charge on any atom is 0.243 e. The predicted molar refractivity (Wildman–Crippen MR) is 128 cm³/mol. The summed E-state index contributed by atoms with van der Waals surface area (Å²) in [5.74, 6) is 0.462. The summed E-state index contributed by atoms with van der Waals surface area (Å²) in [6, 6.07) is 12.7. The number of benzene rings is 2. The Morgan fingerprint density at radius 3 is 2.59 bits per heavy atom. The van der Waals surface area contributed by atoms with Gasteiger partial charge in [-0.05, 0) is 42.7 Å². The normalized spacial score (nSPS) is 15.3. The van der Waals surface area contributed by atoms with E-state index < -0.39 is 10.0 Å². The van der Waals surface area contributed by atoms with E-state index in [4.69, 9.17) is 10.7 Å². The fraction of sp³-hybridized carbons (Fsp3) is 0.348. The van der Waals surface area contributed by atoms with Crippen LogP contribution in [0.25, 0.3) is 22.2 Å². The minimum atomic E-state index is -3.51. The molecule has 1 aromatic heterocycles. The third-order valence-corrected chi connectivity index (χ3v) is 7.57. The number of aromatic nitrogens is 2. The molecule has 0 aliphatic carbocycles. The van der Waals surface area contributed by atoms with Crippen molar-refractivity contribution in [1.82, 2.24) is 13.9 Å². The van der Waals surface area contributed by atoms with Gasteiger partial charge in [0, 0.05) is 31.6 Å². The molecule has 6 nitrogen and oxygen atoms in total. The predicted octanol–water partition coefficient (Wildman–Crippen LogP) is 4.28. The molecule has 1 saturated heterocycles. The number of hydrogen-bond donors (Lipinski definition) is 1. The molecule has 1 aliphatic heterocycles. The number of fused-ring (bicyclic) bond motifs is 1. The topological polar surface area (TPSA) is 81.2 Å². The van der Waals surface area contributed by atoms with Crippen molar-refractivity contribution in [2.45, 2.75) is 37.6 Å². The lowest BCUT2D eigenvalue weighted by atomic mass is 10.0. The summed E-state index contributed by atoms with van der Waals surface area (Å²) in [6.45, 7) is 3.32. The summed E-state index contributed by atoms with van der Waals surface area (Å²) in [6.07, 6.45) is 3.80. The number of allylic oxidation sites excluding steroid dienone is 1. The van der Waals surface area contributed by atoms with Gasteiger partial charge in [0.05, 0.1) is 22.5 Å². The zero-order chi connectivity index (χ0) is 22.0. The number of sulfonamides is 1. The van der Waals surface area contributed by atoms with E-state index in [1.807, 2.05) is 35.8 Å². The van der Waals surface area contributed by atoms with Crippen LogP contribution >= 0.6 is 12.4 Å². The maximum absolute atomic E-state index is 14.2. The van der Waals surface area contributed by atoms with Crippen molar-refractivity contribution in [1.29, 1.82) is 0 Å². The lowest BCUT2D eigenvalue weighted by molar-refractivity contribution is 0.477. The lowest BCUT2D eigenvalue weighted by Crippen LogP contribution is -2.27. The number of imidazole rings is 1. The van der Waals surface area contributed by atoms with Gasteiger partial charge in [0.25, 0.3) is 0 Å². The van der Waals surface area contributed by atoms with E-state index in [-0.39, 0.29) is 36.2 Å². The second-order valence-electron chi connectivity index (χ2n) is 7.67. The van der Waals surface area contributed by atoms with E-state index in [1.54, 1.807) is 22.5 Å². The molecule has 9 heteroatoms. The third kappa shape index (κ3) is 4.59. The van der Waals surface area contributed by atoms with Crippen molar-refractivity contribution < 1.29 is 12.8 Å². The Kier molecular flexibility index (Phi) is 7.71. The van der Waals surface area contributed by atoms with Crippen LogP contribution in [0.3, 0.4) is 0 Å². The van der Waals surface area contributed by atoms with E-state index in [9.17, 15) is 12.8 Å². The molecule has 1 aliphatic rings. The van der Waals surface area contributed by atoms with Crippen LogP contribution in [-0.4, -0.2) is 41.9 Å². The van der Waals surface area contributed by atoms with Crippen molar-refractivity contribution in [2.75, 3.05) is 19.6 Å². The van der Waals surface area contributed by atoms with E-state index in [0.717, 1.165) is 40.8 Å². The molecule has 0 spiro atoms. The minimum absolute atomic E-state index is 0. The zero-order valence-corrected chi connectivity index (χ0v) is 19.6. The highest BCUT2D eigenvalue weighted by Crippen LogP contribution is 2.32. The monoisotopic (exact) mass is 478 g/mol. The summed E-state index contributed by atoms with van der Waals surface area (Å²) >= 11 is 0. The summed E-state index contributed by atoms with van der Waals surface area (Å²) < 4.78 is 43.7. The first kappa shape index (κ1) is 24.4. The Labute approximate surface area is 194 Å². The van der Waals surface area contributed by atoms with Gasteiger partial charge in [0.15, 0.2) is 0 Å². The van der Waals surface area contributed by atoms with E-state index >= 15 is 0 Å². The van der Waals surface area contributed by atoms with Crippen molar-refractivity contribution in [3.63, 3.8) is 0 Å². The number of rotatable bonds is 7. The molecule has 172 valence electrons. The Balaban J connectivity index is 0.00000289. The van der Waals surface area contributed by atoms with Gasteiger partial charge in [-0.3, -0.25) is 0 Å². The first-order chi connectivity index (χ1) is 15.0. The van der Waals surface area contributed by atoms with Crippen LogP contribution in [0.1, 0.15) is 25.6 Å². The fourth-order valence-corrected chi connectivity index (χ4v) is 5.68. The smallest absolute Gasteiger partial charge is 0.243 e. The number of nitrogens with two attached hydrogens (primary N) is 1. The van der Waals surface area contributed by atoms with E-state index in [0.29, 0.717) is 19.5 Å². The van der Waals surface area contributed by atoms with Crippen molar-refractivity contribution in [2.24, 2.45) is 5.73 Å². The van der Waals surface area contributed by atoms with E-state index in [1.165, 1.54) is 6.08 Å². The third-order valence-electron chi connectivity index (χ3n) is 5.67. The van der Waals surface area contributed by atoms with Gasteiger partial charge in [-0.1, -0.05) is 31.2 Å². The first-order valence-electron chi connectivity index (χ1n) is 10.6. The summed E-state index contributed by atoms with van der Waals surface area (Å²) in [4.78, 5) is 5.06. The van der Waals surface area contributed by atoms with Gasteiger partial charge in [-0.25, -0.2) is 17.8 Å². The number of nitrogens with zero attached hydrogens (tertiary/aromatic N) is 3. The summed E-state index contributed by atoms with van der Waals surface area (Å²) in [7, 11) is -3.51. The highest BCUT2D eigenvalue weighted by atomic mass is 35.5. The quantitative estimate of drug-likeness (QED) is 0.549. The number of para-hydroxylation sites is 1.